The second-order valence-corrected chi connectivity index (χ2v) is 4.21. The Balaban J connectivity index is -0.000000795. The molecule has 6 nitrogen and oxygen atoms in total. The number of nitrogens with zero attached hydrogens (tertiary/aromatic N) is 1. The lowest BCUT2D eigenvalue weighted by Crippen LogP contribution is -2.26. The van der Waals surface area contributed by atoms with Gasteiger partial charge in [-0.3, -0.25) is 0 Å². The molecule has 0 aliphatic rings. The number of anilines is 2. The fourth-order valence-electron chi connectivity index (χ4n) is 1.82. The number of allylic oxidation sites excluding steroid dienone is 1. The molecule has 0 heterocycles. The second-order valence-electron chi connectivity index (χ2n) is 4.21. The zero-order valence-corrected chi connectivity index (χ0v) is 18.1. The van der Waals surface area contributed by atoms with Crippen molar-refractivity contribution in [2.45, 2.75) is 54.9 Å². The van der Waals surface area contributed by atoms with Gasteiger partial charge in [0, 0.05) is 13.1 Å². The van der Waals surface area contributed by atoms with E-state index < -0.39 is 0 Å². The minimum Gasteiger partial charge on any atom is -0.494 e. The summed E-state index contributed by atoms with van der Waals surface area (Å²) in [6, 6.07) is 3.64. The first-order chi connectivity index (χ1) is 12.5. The lowest BCUT2D eigenvalue weighted by atomic mass is 10.1. The van der Waals surface area contributed by atoms with Crippen LogP contribution in [-0.2, 0) is 16.0 Å². The topological polar surface area (TPSA) is 90.8 Å². The number of benzene rings is 1. The Bertz CT molecular complexity index is 501. The average Bonchev–Trinajstić information content (AvgIpc) is 2.66. The van der Waals surface area contributed by atoms with E-state index in [1.165, 1.54) is 11.1 Å². The largest absolute Gasteiger partial charge is 0.494 e. The van der Waals surface area contributed by atoms with Crippen LogP contribution in [0.15, 0.2) is 24.3 Å². The predicted octanol–water partition coefficient (Wildman–Crippen LogP) is 4.33. The van der Waals surface area contributed by atoms with Crippen LogP contribution in [0.2, 0.25) is 0 Å². The van der Waals surface area contributed by atoms with Gasteiger partial charge in [0.1, 0.15) is 11.4 Å². The Kier molecular flexibility index (Phi) is 21.0. The van der Waals surface area contributed by atoms with Crippen LogP contribution in [-0.4, -0.2) is 26.7 Å². The molecular weight excluding hydrogens is 330 g/mol. The summed E-state index contributed by atoms with van der Waals surface area (Å²) < 4.78 is 10.1. The fraction of sp³-hybridized carbons (Fsp3) is 0.550. The van der Waals surface area contributed by atoms with E-state index >= 15 is 0 Å². The number of methoxy groups -OCH3 is 1. The summed E-state index contributed by atoms with van der Waals surface area (Å²) in [5.41, 5.74) is 8.03. The summed E-state index contributed by atoms with van der Waals surface area (Å²) in [5.74, 6) is 5.95. The van der Waals surface area contributed by atoms with Gasteiger partial charge >= 0.3 is 5.97 Å². The number of nitrogens with two attached hydrogens (primary N) is 2. The molecule has 0 bridgehead atoms. The molecule has 0 saturated carbocycles. The van der Waals surface area contributed by atoms with E-state index in [4.69, 9.17) is 21.1 Å². The molecule has 0 aliphatic heterocycles. The van der Waals surface area contributed by atoms with E-state index in [2.05, 4.69) is 0 Å². The molecule has 0 aliphatic carbocycles. The Hall–Kier alpha value is -2.21. The third kappa shape index (κ3) is 11.4. The molecular formula is C20H39N3O3. The number of hydrazine groups is 1. The average molecular weight is 370 g/mol. The van der Waals surface area contributed by atoms with Crippen LogP contribution in [0.4, 0.5) is 11.4 Å². The molecule has 1 rings (SSSR count). The Morgan fingerprint density at radius 2 is 1.69 bits per heavy atom. The molecule has 0 saturated heterocycles. The van der Waals surface area contributed by atoms with Crippen LogP contribution >= 0.6 is 0 Å². The molecule has 0 amide bonds. The number of hydrogen-bond donors (Lipinski definition) is 2. The number of nitrogen functional groups attached to an aromatic ring is 1. The molecule has 0 aromatic heterocycles. The van der Waals surface area contributed by atoms with E-state index in [1.807, 2.05) is 47.6 Å². The van der Waals surface area contributed by atoms with E-state index in [0.717, 1.165) is 5.56 Å². The molecule has 0 unspecified atom stereocenters. The van der Waals surface area contributed by atoms with Crippen LogP contribution in [0.25, 0.3) is 0 Å². The minimum atomic E-state index is -0.356. The van der Waals surface area contributed by atoms with Crippen molar-refractivity contribution < 1.29 is 14.3 Å². The number of carbonyl (C=O) groups is 1. The summed E-state index contributed by atoms with van der Waals surface area (Å²) in [6.45, 7) is 14.1. The molecule has 0 spiro atoms. The molecule has 0 radical (unpaired) electrons. The van der Waals surface area contributed by atoms with Crippen molar-refractivity contribution in [1.82, 2.24) is 0 Å². The standard InChI is InChI=1S/C14H21N3O3.3C2H6/c1-4-20-13(18)7-5-6-10-8-11(15)14(17(2)16)12(9-10)19-3;3*1-2/h5,7-9H,4,6,15-16H2,1-3H3;3*1-2H3. The maximum Gasteiger partial charge on any atom is 0.330 e. The highest BCUT2D eigenvalue weighted by Crippen LogP contribution is 2.33. The van der Waals surface area contributed by atoms with Gasteiger partial charge in [-0.15, -0.1) is 0 Å². The zero-order chi connectivity index (χ0) is 21.1. The Morgan fingerprint density at radius 3 is 2.12 bits per heavy atom. The molecule has 26 heavy (non-hydrogen) atoms. The van der Waals surface area contributed by atoms with Gasteiger partial charge in [0.2, 0.25) is 0 Å². The van der Waals surface area contributed by atoms with E-state index in [0.29, 0.717) is 30.2 Å². The van der Waals surface area contributed by atoms with Crippen molar-refractivity contribution >= 4 is 17.3 Å². The first-order valence-corrected chi connectivity index (χ1v) is 9.27. The molecule has 152 valence electrons. The smallest absolute Gasteiger partial charge is 0.330 e. The van der Waals surface area contributed by atoms with Gasteiger partial charge in [-0.1, -0.05) is 47.6 Å². The van der Waals surface area contributed by atoms with Crippen molar-refractivity contribution in [3.63, 3.8) is 0 Å². The molecule has 1 aromatic rings. The molecule has 1 aromatic carbocycles. The van der Waals surface area contributed by atoms with Crippen LogP contribution < -0.4 is 21.3 Å². The SMILES string of the molecule is CC.CC.CC.CCOC(=O)C=CCc1cc(N)c(N(C)N)c(OC)c1. The summed E-state index contributed by atoms with van der Waals surface area (Å²) in [4.78, 5) is 11.2. The monoisotopic (exact) mass is 369 g/mol. The van der Waals surface area contributed by atoms with E-state index in [1.54, 1.807) is 33.2 Å². The van der Waals surface area contributed by atoms with Crippen LogP contribution in [0.5, 0.6) is 5.75 Å². The number of hydrogen-bond acceptors (Lipinski definition) is 6. The Morgan fingerprint density at radius 1 is 1.15 bits per heavy atom. The molecule has 0 fully saturated rings. The maximum absolute atomic E-state index is 11.2. The third-order valence-electron chi connectivity index (χ3n) is 2.63. The highest BCUT2D eigenvalue weighted by atomic mass is 16.5. The molecule has 4 N–H and O–H groups in total. The first kappa shape index (κ1) is 28.6. The van der Waals surface area contributed by atoms with Crippen molar-refractivity contribution in [3.05, 3.63) is 29.8 Å². The van der Waals surface area contributed by atoms with Crippen LogP contribution in [0.3, 0.4) is 0 Å². The fourth-order valence-corrected chi connectivity index (χ4v) is 1.82. The summed E-state index contributed by atoms with van der Waals surface area (Å²) in [6.07, 6.45) is 3.67. The van der Waals surface area contributed by atoms with Crippen molar-refractivity contribution in [3.8, 4) is 5.75 Å². The predicted molar refractivity (Wildman–Crippen MR) is 114 cm³/mol. The zero-order valence-electron chi connectivity index (χ0n) is 18.1. The normalized spacial score (nSPS) is 8.85. The summed E-state index contributed by atoms with van der Waals surface area (Å²) in [5, 5.41) is 1.41. The van der Waals surface area contributed by atoms with Crippen molar-refractivity contribution in [2.75, 3.05) is 31.5 Å². The second kappa shape index (κ2) is 19.1. The number of esters is 1. The molecule has 0 atom stereocenters. The minimum absolute atomic E-state index is 0.356. The van der Waals surface area contributed by atoms with Gasteiger partial charge in [0.15, 0.2) is 0 Å². The Labute approximate surface area is 160 Å². The molecule has 6 heteroatoms. The van der Waals surface area contributed by atoms with Crippen LogP contribution in [0, 0.1) is 0 Å². The maximum atomic E-state index is 11.2. The highest BCUT2D eigenvalue weighted by molar-refractivity contribution is 5.82. The van der Waals surface area contributed by atoms with Gasteiger partial charge in [-0.2, -0.15) is 0 Å². The summed E-state index contributed by atoms with van der Waals surface area (Å²) in [7, 11) is 3.24. The summed E-state index contributed by atoms with van der Waals surface area (Å²) >= 11 is 0. The van der Waals surface area contributed by atoms with Gasteiger partial charge in [0.05, 0.1) is 19.4 Å². The van der Waals surface area contributed by atoms with E-state index in [-0.39, 0.29) is 5.97 Å². The van der Waals surface area contributed by atoms with Gasteiger partial charge in [-0.05, 0) is 31.0 Å². The van der Waals surface area contributed by atoms with E-state index in [9.17, 15) is 4.79 Å². The number of rotatable bonds is 6. The van der Waals surface area contributed by atoms with Crippen LogP contribution in [0.1, 0.15) is 54.0 Å². The first-order valence-electron chi connectivity index (χ1n) is 9.27. The highest BCUT2D eigenvalue weighted by Gasteiger charge is 2.11. The van der Waals surface area contributed by atoms with Crippen molar-refractivity contribution in [1.29, 1.82) is 0 Å². The number of carbonyl (C=O) groups excluding carboxylic acids is 1. The van der Waals surface area contributed by atoms with Crippen molar-refractivity contribution in [2.24, 2.45) is 5.84 Å². The lowest BCUT2D eigenvalue weighted by molar-refractivity contribution is -0.137. The lowest BCUT2D eigenvalue weighted by Gasteiger charge is -2.19. The van der Waals surface area contributed by atoms with Gasteiger partial charge < -0.3 is 20.2 Å². The van der Waals surface area contributed by atoms with Gasteiger partial charge in [-0.25, -0.2) is 10.6 Å². The quantitative estimate of drug-likeness (QED) is 0.255. The third-order valence-corrected chi connectivity index (χ3v) is 2.63. The van der Waals surface area contributed by atoms with Gasteiger partial charge in [0.25, 0.3) is 0 Å². The number of ether oxygens (including phenoxy) is 2.